The van der Waals surface area contributed by atoms with Crippen LogP contribution in [0.1, 0.15) is 25.7 Å². The van der Waals surface area contributed by atoms with E-state index in [0.29, 0.717) is 24.9 Å². The van der Waals surface area contributed by atoms with E-state index in [2.05, 4.69) is 13.2 Å². The molecule has 1 saturated carbocycles. The molecule has 0 aromatic carbocycles. The smallest absolute Gasteiger partial charge is 0.335 e. The van der Waals surface area contributed by atoms with Crippen LogP contribution in [0, 0.1) is 0 Å². The lowest BCUT2D eigenvalue weighted by atomic mass is 10.3. The van der Waals surface area contributed by atoms with Gasteiger partial charge in [-0.2, -0.15) is 0 Å². The first kappa shape index (κ1) is 14.9. The maximum Gasteiger partial charge on any atom is 0.335 e. The molecular weight excluding hydrogens is 232 g/mol. The molecule has 0 atom stereocenters. The van der Waals surface area contributed by atoms with Crippen molar-refractivity contribution in [2.45, 2.75) is 31.8 Å². The van der Waals surface area contributed by atoms with Crippen LogP contribution >= 0.6 is 0 Å². The molecule has 0 spiro atoms. The van der Waals surface area contributed by atoms with Gasteiger partial charge in [0.25, 0.3) is 0 Å². The van der Waals surface area contributed by atoms with Crippen molar-refractivity contribution in [1.29, 1.82) is 0 Å². The Morgan fingerprint density at radius 2 is 2.00 bits per heavy atom. The van der Waals surface area contributed by atoms with E-state index in [-0.39, 0.29) is 13.2 Å². The summed E-state index contributed by atoms with van der Waals surface area (Å²) in [6.07, 6.45) is 6.69. The number of esters is 1. The summed E-state index contributed by atoms with van der Waals surface area (Å²) in [7, 11) is 0. The van der Waals surface area contributed by atoms with Crippen LogP contribution in [-0.4, -0.2) is 38.5 Å². The summed E-state index contributed by atoms with van der Waals surface area (Å²) in [5, 5.41) is 0. The van der Waals surface area contributed by atoms with E-state index < -0.39 is 5.97 Å². The fourth-order valence-corrected chi connectivity index (χ4v) is 1.83. The van der Waals surface area contributed by atoms with Gasteiger partial charge in [-0.25, -0.2) is 4.79 Å². The zero-order valence-corrected chi connectivity index (χ0v) is 10.9. The quantitative estimate of drug-likeness (QED) is 0.274. The average molecular weight is 254 g/mol. The van der Waals surface area contributed by atoms with Gasteiger partial charge in [0.05, 0.1) is 31.5 Å². The van der Waals surface area contributed by atoms with Crippen LogP contribution in [0.5, 0.6) is 0 Å². The van der Waals surface area contributed by atoms with Gasteiger partial charge in [-0.3, -0.25) is 0 Å². The van der Waals surface area contributed by atoms with E-state index in [4.69, 9.17) is 14.2 Å². The van der Waals surface area contributed by atoms with Crippen molar-refractivity contribution in [2.75, 3.05) is 26.4 Å². The summed E-state index contributed by atoms with van der Waals surface area (Å²) in [6, 6.07) is 0. The van der Waals surface area contributed by atoms with Crippen LogP contribution in [0.2, 0.25) is 0 Å². The Morgan fingerprint density at radius 3 is 2.67 bits per heavy atom. The molecule has 1 rings (SSSR count). The minimum atomic E-state index is -0.422. The van der Waals surface area contributed by atoms with Gasteiger partial charge in [0.2, 0.25) is 0 Å². The maximum absolute atomic E-state index is 11.5. The first-order valence-corrected chi connectivity index (χ1v) is 6.39. The zero-order chi connectivity index (χ0) is 13.2. The summed E-state index contributed by atoms with van der Waals surface area (Å²) in [5.41, 5.74) is 0.317. The van der Waals surface area contributed by atoms with Crippen LogP contribution in [0.4, 0.5) is 0 Å². The summed E-state index contributed by atoms with van der Waals surface area (Å²) in [6.45, 7) is 8.43. The minimum Gasteiger partial charge on any atom is -0.460 e. The summed E-state index contributed by atoms with van der Waals surface area (Å²) < 4.78 is 15.7. The molecule has 0 radical (unpaired) electrons. The third-order valence-electron chi connectivity index (χ3n) is 2.77. The maximum atomic E-state index is 11.5. The lowest BCUT2D eigenvalue weighted by Crippen LogP contribution is -2.17. The first-order valence-electron chi connectivity index (χ1n) is 6.39. The Balaban J connectivity index is 2.01. The molecule has 0 bridgehead atoms. The van der Waals surface area contributed by atoms with Crippen molar-refractivity contribution in [1.82, 2.24) is 0 Å². The van der Waals surface area contributed by atoms with E-state index in [9.17, 15) is 4.79 Å². The molecule has 0 N–H and O–H groups in total. The SMILES string of the molecule is C=CCOCC(=C)C(=O)OCCOC1CCCC1. The molecule has 0 amide bonds. The van der Waals surface area contributed by atoms with Crippen LogP contribution in [0.3, 0.4) is 0 Å². The Labute approximate surface area is 109 Å². The van der Waals surface area contributed by atoms with Crippen LogP contribution < -0.4 is 0 Å². The van der Waals surface area contributed by atoms with Crippen molar-refractivity contribution in [3.05, 3.63) is 24.8 Å². The third kappa shape index (κ3) is 5.98. The molecule has 0 unspecified atom stereocenters. The first-order chi connectivity index (χ1) is 8.74. The molecule has 0 saturated heterocycles. The van der Waals surface area contributed by atoms with E-state index >= 15 is 0 Å². The average Bonchev–Trinajstić information content (AvgIpc) is 2.87. The highest BCUT2D eigenvalue weighted by Gasteiger charge is 2.15. The molecule has 102 valence electrons. The van der Waals surface area contributed by atoms with E-state index in [1.165, 1.54) is 12.8 Å². The van der Waals surface area contributed by atoms with E-state index in [0.717, 1.165) is 12.8 Å². The fraction of sp³-hybridized carbons (Fsp3) is 0.643. The number of rotatable bonds is 9. The van der Waals surface area contributed by atoms with Crippen LogP contribution in [0.25, 0.3) is 0 Å². The second-order valence-electron chi connectivity index (χ2n) is 4.32. The largest absolute Gasteiger partial charge is 0.460 e. The normalized spacial score (nSPS) is 15.6. The second kappa shape index (κ2) is 8.89. The lowest BCUT2D eigenvalue weighted by Gasteiger charge is -2.11. The molecule has 1 aliphatic rings. The molecular formula is C14H22O4. The van der Waals surface area contributed by atoms with Gasteiger partial charge in [0.15, 0.2) is 0 Å². The van der Waals surface area contributed by atoms with Gasteiger partial charge in [-0.15, -0.1) is 6.58 Å². The van der Waals surface area contributed by atoms with Gasteiger partial charge >= 0.3 is 5.97 Å². The van der Waals surface area contributed by atoms with E-state index in [1.54, 1.807) is 6.08 Å². The Hall–Kier alpha value is -1.13. The molecule has 0 aliphatic heterocycles. The molecule has 1 fully saturated rings. The Bertz CT molecular complexity index is 280. The highest BCUT2D eigenvalue weighted by molar-refractivity contribution is 5.87. The van der Waals surface area contributed by atoms with Gasteiger partial charge in [-0.1, -0.05) is 25.5 Å². The highest BCUT2D eigenvalue weighted by atomic mass is 16.6. The predicted octanol–water partition coefficient (Wildman–Crippen LogP) is 2.25. The van der Waals surface area contributed by atoms with Crippen molar-refractivity contribution in [3.63, 3.8) is 0 Å². The van der Waals surface area contributed by atoms with Crippen molar-refractivity contribution in [3.8, 4) is 0 Å². The van der Waals surface area contributed by atoms with E-state index in [1.807, 2.05) is 0 Å². The standard InChI is InChI=1S/C14H22O4/c1-3-8-16-11-12(2)14(15)18-10-9-17-13-6-4-5-7-13/h3,13H,1-2,4-11H2. The number of hydrogen-bond acceptors (Lipinski definition) is 4. The molecule has 4 nitrogen and oxygen atoms in total. The second-order valence-corrected chi connectivity index (χ2v) is 4.32. The van der Waals surface area contributed by atoms with Crippen LogP contribution in [0.15, 0.2) is 24.8 Å². The van der Waals surface area contributed by atoms with Gasteiger partial charge in [-0.05, 0) is 12.8 Å². The van der Waals surface area contributed by atoms with Gasteiger partial charge in [0.1, 0.15) is 6.61 Å². The Morgan fingerprint density at radius 1 is 1.28 bits per heavy atom. The van der Waals surface area contributed by atoms with Crippen molar-refractivity contribution in [2.24, 2.45) is 0 Å². The van der Waals surface area contributed by atoms with Crippen LogP contribution in [-0.2, 0) is 19.0 Å². The highest BCUT2D eigenvalue weighted by Crippen LogP contribution is 2.20. The van der Waals surface area contributed by atoms with Crippen molar-refractivity contribution >= 4 is 5.97 Å². The third-order valence-corrected chi connectivity index (χ3v) is 2.77. The monoisotopic (exact) mass is 254 g/mol. The molecule has 4 heteroatoms. The fourth-order valence-electron chi connectivity index (χ4n) is 1.83. The summed E-state index contributed by atoms with van der Waals surface area (Å²) in [4.78, 5) is 11.5. The minimum absolute atomic E-state index is 0.175. The number of hydrogen-bond donors (Lipinski definition) is 0. The number of carbonyl (C=O) groups is 1. The molecule has 0 heterocycles. The number of carbonyl (C=O) groups excluding carboxylic acids is 1. The zero-order valence-electron chi connectivity index (χ0n) is 10.9. The summed E-state index contributed by atoms with van der Waals surface area (Å²) >= 11 is 0. The Kier molecular flexibility index (Phi) is 7.37. The van der Waals surface area contributed by atoms with Gasteiger partial charge < -0.3 is 14.2 Å². The van der Waals surface area contributed by atoms with Gasteiger partial charge in [0, 0.05) is 0 Å². The summed E-state index contributed by atoms with van der Waals surface area (Å²) in [5.74, 6) is -0.422. The van der Waals surface area contributed by atoms with Crippen molar-refractivity contribution < 1.29 is 19.0 Å². The predicted molar refractivity (Wildman–Crippen MR) is 69.3 cm³/mol. The topological polar surface area (TPSA) is 44.8 Å². The molecule has 18 heavy (non-hydrogen) atoms. The molecule has 0 aromatic rings. The number of ether oxygens (including phenoxy) is 3. The lowest BCUT2D eigenvalue weighted by molar-refractivity contribution is -0.141. The molecule has 0 aromatic heterocycles. The molecule has 1 aliphatic carbocycles.